The standard InChI is InChI=1S/C89H150O16P2/c1-4-7-10-13-16-19-22-25-28-30-32-34-36-37-38-39-40-41-42-43-44-45-47-49-50-52-55-57-60-63-66-69-72-75-87(92)99-78-84(90)79-101-106(95,96)102-80-85(91)81-103-107(97,98)104-83-86(105-89(94)77-74-71-68-65-62-59-54-27-24-21-18-15-12-9-6-3)82-100-88(93)76-73-70-67-64-61-58-56-53-51-48-46-35-33-31-29-26-23-20-17-14-11-8-5-2/h8-9,11-12,16-21,25-29,32-35,37-38,48,51,54,56,58,84-86,90-91H,4-7,10,13-15,22-24,30-31,36,39-47,49-50,52-53,55,57,59-83H2,1-3H3,(H,95,96)(H,97,98)/b11-8-,12-9-,19-16-,20-17-,21-18-,28-25-,29-26-,34-32-,35-33-,38-37-,51-48-,54-27-,58-56-. The summed E-state index contributed by atoms with van der Waals surface area (Å²) in [6.07, 6.45) is 102. The zero-order chi connectivity index (χ0) is 78.0. The molecule has 0 aromatic carbocycles. The fourth-order valence-electron chi connectivity index (χ4n) is 10.9. The highest BCUT2D eigenvalue weighted by Crippen LogP contribution is 2.45. The van der Waals surface area contributed by atoms with Crippen molar-refractivity contribution in [1.29, 1.82) is 0 Å². The monoisotopic (exact) mass is 1540 g/mol. The molecule has 16 nitrogen and oxygen atoms in total. The second-order valence-electron chi connectivity index (χ2n) is 27.5. The van der Waals surface area contributed by atoms with Gasteiger partial charge in [0.2, 0.25) is 0 Å². The van der Waals surface area contributed by atoms with Gasteiger partial charge in [-0.25, -0.2) is 9.13 Å². The zero-order valence-electron chi connectivity index (χ0n) is 67.0. The summed E-state index contributed by atoms with van der Waals surface area (Å²) < 4.78 is 61.2. The molecule has 0 aliphatic heterocycles. The average molecular weight is 1540 g/mol. The number of hydrogen-bond acceptors (Lipinski definition) is 14. The largest absolute Gasteiger partial charge is 0.472 e. The van der Waals surface area contributed by atoms with Crippen LogP contribution in [0.15, 0.2) is 158 Å². The molecule has 0 saturated carbocycles. The van der Waals surface area contributed by atoms with Crippen molar-refractivity contribution in [2.75, 3.05) is 39.6 Å². The summed E-state index contributed by atoms with van der Waals surface area (Å²) in [5.41, 5.74) is 0. The predicted molar refractivity (Wildman–Crippen MR) is 445 cm³/mol. The second kappa shape index (κ2) is 80.7. The van der Waals surface area contributed by atoms with Crippen LogP contribution in [0, 0.1) is 0 Å². The Bertz CT molecular complexity index is 2580. The summed E-state index contributed by atoms with van der Waals surface area (Å²) >= 11 is 0. The molecule has 18 heteroatoms. The van der Waals surface area contributed by atoms with E-state index in [0.717, 1.165) is 154 Å². The maximum absolute atomic E-state index is 13.0. The highest BCUT2D eigenvalue weighted by Gasteiger charge is 2.29. The molecule has 612 valence electrons. The zero-order valence-corrected chi connectivity index (χ0v) is 68.8. The molecule has 0 amide bonds. The van der Waals surface area contributed by atoms with Gasteiger partial charge >= 0.3 is 33.6 Å². The normalized spacial score (nSPS) is 14.7. The summed E-state index contributed by atoms with van der Waals surface area (Å²) in [5.74, 6) is -1.63. The van der Waals surface area contributed by atoms with E-state index in [-0.39, 0.29) is 19.3 Å². The minimum atomic E-state index is -4.95. The van der Waals surface area contributed by atoms with E-state index in [1.165, 1.54) is 116 Å². The van der Waals surface area contributed by atoms with Gasteiger partial charge in [-0.3, -0.25) is 32.5 Å². The van der Waals surface area contributed by atoms with Gasteiger partial charge in [0.15, 0.2) is 6.10 Å². The number of phosphoric acid groups is 2. The maximum atomic E-state index is 13.0. The van der Waals surface area contributed by atoms with Crippen molar-refractivity contribution >= 4 is 33.6 Å². The first-order chi connectivity index (χ1) is 52.2. The summed E-state index contributed by atoms with van der Waals surface area (Å²) in [6, 6.07) is 0. The fourth-order valence-corrected chi connectivity index (χ4v) is 12.5. The predicted octanol–water partition coefficient (Wildman–Crippen LogP) is 25.0. The van der Waals surface area contributed by atoms with Crippen molar-refractivity contribution in [3.05, 3.63) is 158 Å². The van der Waals surface area contributed by atoms with Crippen molar-refractivity contribution < 1.29 is 75.8 Å². The van der Waals surface area contributed by atoms with E-state index in [4.69, 9.17) is 32.3 Å². The van der Waals surface area contributed by atoms with Gasteiger partial charge in [0.1, 0.15) is 25.4 Å². The molecule has 0 radical (unpaired) electrons. The molecule has 0 bridgehead atoms. The third kappa shape index (κ3) is 82.0. The van der Waals surface area contributed by atoms with Crippen LogP contribution in [0.2, 0.25) is 0 Å². The number of aliphatic hydroxyl groups is 2. The molecule has 4 N–H and O–H groups in total. The first-order valence-electron chi connectivity index (χ1n) is 41.8. The number of esters is 3. The third-order valence-electron chi connectivity index (χ3n) is 17.2. The molecule has 0 aliphatic rings. The lowest BCUT2D eigenvalue weighted by Crippen LogP contribution is -2.30. The van der Waals surface area contributed by atoms with Crippen LogP contribution in [-0.2, 0) is 55.8 Å². The van der Waals surface area contributed by atoms with E-state index in [1.807, 2.05) is 0 Å². The number of phosphoric ester groups is 2. The van der Waals surface area contributed by atoms with Crippen LogP contribution in [0.4, 0.5) is 0 Å². The van der Waals surface area contributed by atoms with Gasteiger partial charge in [-0.2, -0.15) is 0 Å². The topological polar surface area (TPSA) is 231 Å². The summed E-state index contributed by atoms with van der Waals surface area (Å²) in [5, 5.41) is 20.7. The number of rotatable bonds is 78. The Kier molecular flexibility index (Phi) is 77.0. The van der Waals surface area contributed by atoms with Crippen LogP contribution in [0.25, 0.3) is 0 Å². The van der Waals surface area contributed by atoms with E-state index < -0.39 is 91.5 Å². The SMILES string of the molecule is CC/C=C\C/C=C\C/C=C\C/C=C\C/C=C\C/C=C\CCCCCCC(=O)OCC(COP(=O)(O)OCC(O)COP(=O)(O)OCC(O)COC(=O)CCCCCCCCCCCCCCCCCCC/C=C\C/C=C\C/C=C\C/C=C\CCCCC)OC(=O)CCCCCCC/C=C\C/C=C\C/C=C\CC. The lowest BCUT2D eigenvalue weighted by Gasteiger charge is -2.21. The van der Waals surface area contributed by atoms with Crippen molar-refractivity contribution in [1.82, 2.24) is 0 Å². The second-order valence-corrected chi connectivity index (χ2v) is 30.4. The van der Waals surface area contributed by atoms with Crippen molar-refractivity contribution in [3.8, 4) is 0 Å². The van der Waals surface area contributed by atoms with E-state index in [1.54, 1.807) is 0 Å². The molecule has 5 atom stereocenters. The van der Waals surface area contributed by atoms with Gasteiger partial charge in [0.25, 0.3) is 0 Å². The number of ether oxygens (including phenoxy) is 3. The Morgan fingerprint density at radius 3 is 0.785 bits per heavy atom. The van der Waals surface area contributed by atoms with E-state index in [2.05, 4.69) is 179 Å². The Balaban J connectivity index is 4.50. The van der Waals surface area contributed by atoms with Crippen molar-refractivity contribution in [2.24, 2.45) is 0 Å². The van der Waals surface area contributed by atoms with Gasteiger partial charge < -0.3 is 34.2 Å². The quantitative estimate of drug-likeness (QED) is 0.0146. The molecule has 107 heavy (non-hydrogen) atoms. The van der Waals surface area contributed by atoms with Gasteiger partial charge in [-0.1, -0.05) is 320 Å². The van der Waals surface area contributed by atoms with E-state index >= 15 is 0 Å². The molecule has 0 spiro atoms. The Hall–Kier alpha value is -4.83. The average Bonchev–Trinajstić information content (AvgIpc) is 0.912. The van der Waals surface area contributed by atoms with Gasteiger partial charge in [-0.15, -0.1) is 0 Å². The molecule has 0 aromatic heterocycles. The Morgan fingerprint density at radius 2 is 0.495 bits per heavy atom. The maximum Gasteiger partial charge on any atom is 0.472 e. The van der Waals surface area contributed by atoms with Crippen LogP contribution in [0.5, 0.6) is 0 Å². The summed E-state index contributed by atoms with van der Waals surface area (Å²) in [4.78, 5) is 58.7. The molecule has 0 rings (SSSR count). The van der Waals surface area contributed by atoms with E-state index in [0.29, 0.717) is 19.3 Å². The van der Waals surface area contributed by atoms with Crippen molar-refractivity contribution in [3.63, 3.8) is 0 Å². The fraction of sp³-hybridized carbons (Fsp3) is 0.674. The molecular formula is C89H150O16P2. The lowest BCUT2D eigenvalue weighted by molar-refractivity contribution is -0.161. The number of allylic oxidation sites excluding steroid dienone is 26. The van der Waals surface area contributed by atoms with Crippen LogP contribution in [0.3, 0.4) is 0 Å². The Morgan fingerprint density at radius 1 is 0.271 bits per heavy atom. The number of carbonyl (C=O) groups is 3. The van der Waals surface area contributed by atoms with Gasteiger partial charge in [0.05, 0.1) is 26.4 Å². The third-order valence-corrected chi connectivity index (χ3v) is 19.1. The highest BCUT2D eigenvalue weighted by molar-refractivity contribution is 7.47. The van der Waals surface area contributed by atoms with Crippen molar-refractivity contribution in [2.45, 2.75) is 347 Å². The van der Waals surface area contributed by atoms with E-state index in [9.17, 15) is 43.5 Å². The summed E-state index contributed by atoms with van der Waals surface area (Å²) in [6.45, 7) is 2.38. The number of unbranched alkanes of at least 4 members (excludes halogenated alkanes) is 29. The lowest BCUT2D eigenvalue weighted by atomic mass is 10.0. The van der Waals surface area contributed by atoms with Gasteiger partial charge in [0, 0.05) is 19.3 Å². The van der Waals surface area contributed by atoms with Crippen LogP contribution >= 0.6 is 15.6 Å². The molecular weight excluding hydrogens is 1390 g/mol. The minimum absolute atomic E-state index is 0.0741. The smallest absolute Gasteiger partial charge is 0.463 e. The molecule has 0 aliphatic carbocycles. The van der Waals surface area contributed by atoms with Crippen LogP contribution in [-0.4, -0.2) is 95.9 Å². The first kappa shape index (κ1) is 102. The van der Waals surface area contributed by atoms with Gasteiger partial charge in [-0.05, 0) is 148 Å². The van der Waals surface area contributed by atoms with Crippen LogP contribution < -0.4 is 0 Å². The molecule has 0 saturated heterocycles. The summed E-state index contributed by atoms with van der Waals surface area (Å²) in [7, 11) is -9.81. The molecule has 0 heterocycles. The number of aliphatic hydroxyl groups excluding tert-OH is 2. The number of carbonyl (C=O) groups excluding carboxylic acids is 3. The van der Waals surface area contributed by atoms with Crippen LogP contribution in [0.1, 0.15) is 329 Å². The highest BCUT2D eigenvalue weighted by atomic mass is 31.2. The molecule has 5 unspecified atom stereocenters. The molecule has 0 fully saturated rings. The molecule has 0 aromatic rings. The number of hydrogen-bond donors (Lipinski definition) is 4. The Labute approximate surface area is 650 Å². The minimum Gasteiger partial charge on any atom is -0.463 e. The first-order valence-corrected chi connectivity index (χ1v) is 44.8.